The van der Waals surface area contributed by atoms with Crippen LogP contribution in [0.2, 0.25) is 0 Å². The molecular weight excluding hydrogens is 402 g/mol. The van der Waals surface area contributed by atoms with Crippen molar-refractivity contribution in [2.45, 2.75) is 20.3 Å². The summed E-state index contributed by atoms with van der Waals surface area (Å²) in [5.74, 6) is 0.351. The number of piperazine rings is 1. The minimum atomic E-state index is -0.394. The molecule has 2 aromatic rings. The van der Waals surface area contributed by atoms with Crippen molar-refractivity contribution in [1.82, 2.24) is 4.90 Å². The number of para-hydroxylation sites is 2. The van der Waals surface area contributed by atoms with Crippen LogP contribution in [0.15, 0.2) is 30.3 Å². The van der Waals surface area contributed by atoms with Crippen molar-refractivity contribution in [3.8, 4) is 5.75 Å². The Hall–Kier alpha value is -2.58. The summed E-state index contributed by atoms with van der Waals surface area (Å²) in [6.45, 7) is 7.59. The largest absolute Gasteiger partial charge is 0.495 e. The molecule has 162 valence electrons. The van der Waals surface area contributed by atoms with Gasteiger partial charge in [-0.3, -0.25) is 9.69 Å². The predicted molar refractivity (Wildman–Crippen MR) is 120 cm³/mol. The third kappa shape index (κ3) is 5.31. The molecule has 1 saturated heterocycles. The van der Waals surface area contributed by atoms with Crippen LogP contribution in [0.1, 0.15) is 29.1 Å². The maximum atomic E-state index is 12.6. The van der Waals surface area contributed by atoms with E-state index < -0.39 is 5.97 Å². The lowest BCUT2D eigenvalue weighted by molar-refractivity contribution is -0.117. The summed E-state index contributed by atoms with van der Waals surface area (Å²) in [4.78, 5) is 30.3. The average molecular weight is 432 g/mol. The monoisotopic (exact) mass is 431 g/mol. The molecule has 1 aliphatic heterocycles. The van der Waals surface area contributed by atoms with Gasteiger partial charge in [-0.15, -0.1) is 11.3 Å². The molecule has 3 rings (SSSR count). The minimum Gasteiger partial charge on any atom is -0.495 e. The summed E-state index contributed by atoms with van der Waals surface area (Å²) in [6.07, 6.45) is 0.803. The number of aryl methyl sites for hydroxylation is 1. The van der Waals surface area contributed by atoms with E-state index in [9.17, 15) is 9.59 Å². The smallest absolute Gasteiger partial charge is 0.341 e. The van der Waals surface area contributed by atoms with Crippen molar-refractivity contribution >= 4 is 33.9 Å². The fourth-order valence-corrected chi connectivity index (χ4v) is 4.48. The van der Waals surface area contributed by atoms with E-state index in [0.29, 0.717) is 23.7 Å². The van der Waals surface area contributed by atoms with Gasteiger partial charge in [0.05, 0.1) is 31.5 Å². The maximum absolute atomic E-state index is 12.6. The number of nitrogens with one attached hydrogen (secondary N) is 1. The molecule has 0 spiro atoms. The molecule has 2 heterocycles. The summed E-state index contributed by atoms with van der Waals surface area (Å²) in [7, 11) is 1.68. The van der Waals surface area contributed by atoms with Gasteiger partial charge in [-0.1, -0.05) is 19.1 Å². The highest BCUT2D eigenvalue weighted by Crippen LogP contribution is 2.30. The number of carbonyl (C=O) groups excluding carboxylic acids is 2. The number of nitrogens with zero attached hydrogens (tertiary/aromatic N) is 2. The lowest BCUT2D eigenvalue weighted by Gasteiger charge is -2.36. The zero-order valence-corrected chi connectivity index (χ0v) is 18.6. The fraction of sp³-hybridized carbons (Fsp3) is 0.455. The highest BCUT2D eigenvalue weighted by molar-refractivity contribution is 7.16. The molecule has 0 aliphatic carbocycles. The number of benzene rings is 1. The number of hydrogen-bond donors (Lipinski definition) is 1. The number of anilines is 2. The summed E-state index contributed by atoms with van der Waals surface area (Å²) < 4.78 is 10.6. The van der Waals surface area contributed by atoms with Crippen LogP contribution in [0.25, 0.3) is 0 Å². The van der Waals surface area contributed by atoms with E-state index in [2.05, 4.69) is 21.2 Å². The van der Waals surface area contributed by atoms with Gasteiger partial charge >= 0.3 is 5.97 Å². The molecule has 1 N–H and O–H groups in total. The molecule has 1 aromatic heterocycles. The summed E-state index contributed by atoms with van der Waals surface area (Å²) >= 11 is 1.43. The van der Waals surface area contributed by atoms with Gasteiger partial charge in [0.15, 0.2) is 0 Å². The Kier molecular flexibility index (Phi) is 7.70. The van der Waals surface area contributed by atoms with Crippen LogP contribution in [-0.2, 0) is 16.0 Å². The summed E-state index contributed by atoms with van der Waals surface area (Å²) in [6, 6.07) is 9.79. The van der Waals surface area contributed by atoms with E-state index in [-0.39, 0.29) is 5.91 Å². The highest BCUT2D eigenvalue weighted by Gasteiger charge is 2.23. The van der Waals surface area contributed by atoms with Gasteiger partial charge < -0.3 is 19.7 Å². The molecule has 1 aliphatic rings. The first-order chi connectivity index (χ1) is 14.5. The normalized spacial score (nSPS) is 14.4. The van der Waals surface area contributed by atoms with Crippen LogP contribution in [0.5, 0.6) is 5.75 Å². The standard InChI is InChI=1S/C22H29N3O4S/c1-4-16-14-17(22(27)29-5-2)21(30-16)23-20(26)15-24-10-12-25(13-11-24)18-8-6-7-9-19(18)28-3/h6-9,14H,4-5,10-13,15H2,1-3H3,(H,23,26). The SMILES string of the molecule is CCOC(=O)c1cc(CC)sc1NC(=O)CN1CCN(c2ccccc2OC)CC1. The number of esters is 1. The van der Waals surface area contributed by atoms with Gasteiger partial charge in [0.2, 0.25) is 5.91 Å². The second kappa shape index (κ2) is 10.4. The zero-order valence-electron chi connectivity index (χ0n) is 17.8. The summed E-state index contributed by atoms with van der Waals surface area (Å²) in [5.41, 5.74) is 1.52. The van der Waals surface area contributed by atoms with Crippen molar-refractivity contribution in [1.29, 1.82) is 0 Å². The Balaban J connectivity index is 1.57. The molecule has 0 saturated carbocycles. The third-order valence-electron chi connectivity index (χ3n) is 5.05. The Morgan fingerprint density at radius 1 is 1.13 bits per heavy atom. The second-order valence-electron chi connectivity index (χ2n) is 7.01. The first-order valence-electron chi connectivity index (χ1n) is 10.3. The molecule has 30 heavy (non-hydrogen) atoms. The molecule has 8 heteroatoms. The second-order valence-corrected chi connectivity index (χ2v) is 8.15. The first-order valence-corrected chi connectivity index (χ1v) is 11.1. The van der Waals surface area contributed by atoms with Crippen LogP contribution < -0.4 is 15.0 Å². The van der Waals surface area contributed by atoms with E-state index in [1.54, 1.807) is 14.0 Å². The Morgan fingerprint density at radius 3 is 2.53 bits per heavy atom. The van der Waals surface area contributed by atoms with Crippen molar-refractivity contribution in [3.05, 3.63) is 40.8 Å². The van der Waals surface area contributed by atoms with Crippen LogP contribution in [-0.4, -0.2) is 63.2 Å². The summed E-state index contributed by atoms with van der Waals surface area (Å²) in [5, 5.41) is 3.49. The number of ether oxygens (including phenoxy) is 2. The quantitative estimate of drug-likeness (QED) is 0.647. The van der Waals surface area contributed by atoms with Crippen LogP contribution >= 0.6 is 11.3 Å². The van der Waals surface area contributed by atoms with Crippen molar-refractivity contribution in [2.24, 2.45) is 0 Å². The van der Waals surface area contributed by atoms with E-state index >= 15 is 0 Å². The van der Waals surface area contributed by atoms with Crippen molar-refractivity contribution in [3.63, 3.8) is 0 Å². The number of hydrogen-bond acceptors (Lipinski definition) is 7. The van der Waals surface area contributed by atoms with E-state index in [4.69, 9.17) is 9.47 Å². The maximum Gasteiger partial charge on any atom is 0.341 e. The molecule has 0 unspecified atom stereocenters. The topological polar surface area (TPSA) is 71.1 Å². The third-order valence-corrected chi connectivity index (χ3v) is 6.24. The first kappa shape index (κ1) is 22.1. The number of amides is 1. The van der Waals surface area contributed by atoms with Gasteiger partial charge in [-0.25, -0.2) is 4.79 Å². The molecule has 1 aromatic carbocycles. The van der Waals surface area contributed by atoms with Crippen LogP contribution in [0.4, 0.5) is 10.7 Å². The molecule has 7 nitrogen and oxygen atoms in total. The highest BCUT2D eigenvalue weighted by atomic mass is 32.1. The number of carbonyl (C=O) groups is 2. The van der Waals surface area contributed by atoms with Gasteiger partial charge in [0.25, 0.3) is 0 Å². The molecular formula is C22H29N3O4S. The molecule has 0 atom stereocenters. The van der Waals surface area contributed by atoms with Crippen molar-refractivity contribution in [2.75, 3.05) is 56.7 Å². The predicted octanol–water partition coefficient (Wildman–Crippen LogP) is 3.26. The number of methoxy groups -OCH3 is 1. The van der Waals surface area contributed by atoms with Gasteiger partial charge in [-0.05, 0) is 31.5 Å². The van der Waals surface area contributed by atoms with Crippen molar-refractivity contribution < 1.29 is 19.1 Å². The average Bonchev–Trinajstić information content (AvgIpc) is 3.17. The Morgan fingerprint density at radius 2 is 1.87 bits per heavy atom. The Bertz CT molecular complexity index is 875. The zero-order chi connectivity index (χ0) is 21.5. The number of rotatable bonds is 8. The molecule has 1 fully saturated rings. The van der Waals surface area contributed by atoms with E-state index in [0.717, 1.165) is 48.9 Å². The van der Waals surface area contributed by atoms with Gasteiger partial charge in [0.1, 0.15) is 10.8 Å². The number of thiophene rings is 1. The van der Waals surface area contributed by atoms with Crippen LogP contribution in [0, 0.1) is 0 Å². The van der Waals surface area contributed by atoms with Crippen LogP contribution in [0.3, 0.4) is 0 Å². The van der Waals surface area contributed by atoms with E-state index in [1.807, 2.05) is 31.2 Å². The Labute approximate surface area is 181 Å². The molecule has 0 bridgehead atoms. The molecule has 1 amide bonds. The molecule has 0 radical (unpaired) electrons. The lowest BCUT2D eigenvalue weighted by Crippen LogP contribution is -2.48. The minimum absolute atomic E-state index is 0.115. The van der Waals surface area contributed by atoms with Gasteiger partial charge in [0, 0.05) is 31.1 Å². The van der Waals surface area contributed by atoms with Gasteiger partial charge in [-0.2, -0.15) is 0 Å². The lowest BCUT2D eigenvalue weighted by atomic mass is 10.2. The fourth-order valence-electron chi connectivity index (χ4n) is 3.48. The van der Waals surface area contributed by atoms with E-state index in [1.165, 1.54) is 11.3 Å².